The lowest BCUT2D eigenvalue weighted by atomic mass is 9.96. The highest BCUT2D eigenvalue weighted by molar-refractivity contribution is 5.87. The van der Waals surface area contributed by atoms with E-state index >= 15 is 0 Å². The third kappa shape index (κ3) is 10.8. The molecule has 8 heteroatoms. The number of aliphatic hydroxyl groups is 1. The zero-order valence-electron chi connectivity index (χ0n) is 26.8. The molecule has 4 rings (SSSR count). The van der Waals surface area contributed by atoms with Gasteiger partial charge >= 0.3 is 5.97 Å². The summed E-state index contributed by atoms with van der Waals surface area (Å²) in [7, 11) is 0. The number of allylic oxidation sites excluding steroid dienone is 2. The Morgan fingerprint density at radius 2 is 1.38 bits per heavy atom. The summed E-state index contributed by atoms with van der Waals surface area (Å²) in [5, 5.41) is 16.8. The number of carbonyl (C=O) groups excluding carboxylic acids is 3. The number of aliphatic hydroxyl groups excluding tert-OH is 1. The van der Waals surface area contributed by atoms with Crippen molar-refractivity contribution in [1.29, 1.82) is 0 Å². The van der Waals surface area contributed by atoms with Crippen molar-refractivity contribution < 1.29 is 24.2 Å². The first-order valence-corrected chi connectivity index (χ1v) is 16.1. The molecule has 4 atom stereocenters. The van der Waals surface area contributed by atoms with E-state index in [9.17, 15) is 19.5 Å². The monoisotopic (exact) mass is 635 g/mol. The van der Waals surface area contributed by atoms with E-state index in [2.05, 4.69) is 28.8 Å². The molecule has 0 aliphatic carbocycles. The number of nitrogens with one attached hydrogen (secondary N) is 3. The maximum Gasteiger partial charge on any atom is 0.309 e. The van der Waals surface area contributed by atoms with Crippen molar-refractivity contribution in [3.63, 3.8) is 0 Å². The number of hydrogen-bond donors (Lipinski definition) is 4. The molecule has 8 nitrogen and oxygen atoms in total. The predicted octanol–water partition coefficient (Wildman–Crippen LogP) is 5.48. The lowest BCUT2D eigenvalue weighted by Gasteiger charge is -2.24. The van der Waals surface area contributed by atoms with E-state index in [1.54, 1.807) is 12.2 Å². The quantitative estimate of drug-likeness (QED) is 0.0804. The number of aromatic nitrogens is 1. The van der Waals surface area contributed by atoms with E-state index in [1.807, 2.05) is 91.1 Å². The summed E-state index contributed by atoms with van der Waals surface area (Å²) in [6, 6.07) is 26.2. The van der Waals surface area contributed by atoms with Crippen LogP contribution in [0.25, 0.3) is 10.9 Å². The van der Waals surface area contributed by atoms with Crippen molar-refractivity contribution in [2.75, 3.05) is 13.2 Å². The molecule has 0 unspecified atom stereocenters. The average Bonchev–Trinajstić information content (AvgIpc) is 3.49. The van der Waals surface area contributed by atoms with Gasteiger partial charge in [0.25, 0.3) is 0 Å². The maximum absolute atomic E-state index is 13.7. The van der Waals surface area contributed by atoms with Gasteiger partial charge in [0.15, 0.2) is 0 Å². The first-order chi connectivity index (χ1) is 22.9. The normalized spacial score (nSPS) is 13.6. The Morgan fingerprint density at radius 3 is 2.04 bits per heavy atom. The molecule has 0 saturated carbocycles. The summed E-state index contributed by atoms with van der Waals surface area (Å²) >= 11 is 0. The average molecular weight is 636 g/mol. The minimum Gasteiger partial charge on any atom is -0.463 e. The van der Waals surface area contributed by atoms with E-state index in [0.717, 1.165) is 27.6 Å². The van der Waals surface area contributed by atoms with Crippen molar-refractivity contribution in [3.05, 3.63) is 133 Å². The van der Waals surface area contributed by atoms with Crippen LogP contribution >= 0.6 is 0 Å². The third-order valence-electron chi connectivity index (χ3n) is 8.19. The summed E-state index contributed by atoms with van der Waals surface area (Å²) in [4.78, 5) is 43.3. The van der Waals surface area contributed by atoms with E-state index in [1.165, 1.54) is 0 Å². The van der Waals surface area contributed by atoms with Gasteiger partial charge in [-0.1, -0.05) is 91.0 Å². The van der Waals surface area contributed by atoms with Gasteiger partial charge in [-0.05, 0) is 54.9 Å². The number of carbonyl (C=O) groups is 3. The number of rotatable bonds is 19. The lowest BCUT2D eigenvalue weighted by Crippen LogP contribution is -2.45. The summed E-state index contributed by atoms with van der Waals surface area (Å²) in [6.45, 7) is 7.35. The first-order valence-electron chi connectivity index (χ1n) is 16.1. The van der Waals surface area contributed by atoms with E-state index in [-0.39, 0.29) is 43.8 Å². The standard InChI is InChI=1S/C39H45N3O5/c1-3-13-30(24-37(44)41-33(26-43)22-29-17-9-6-10-18-29)38(45)42-34(23-32-25-40-36-20-12-11-19-35(32)36)27-47-39(46)31(14-4-2)21-28-15-7-5-8-16-28/h3-12,15-20,25,30-31,33-34,40,43H,1-2,13-14,21-24,26-27H2,(H,41,44)(H,42,45)/t30-,31-,33+,34-/m0/s1. The number of ether oxygens (including phenoxy) is 1. The molecule has 4 N–H and O–H groups in total. The lowest BCUT2D eigenvalue weighted by molar-refractivity contribution is -0.149. The van der Waals surface area contributed by atoms with Crippen LogP contribution < -0.4 is 10.6 Å². The molecule has 0 saturated heterocycles. The highest BCUT2D eigenvalue weighted by atomic mass is 16.5. The highest BCUT2D eigenvalue weighted by Crippen LogP contribution is 2.21. The number of hydrogen-bond acceptors (Lipinski definition) is 5. The Labute approximate surface area is 276 Å². The van der Waals surface area contributed by atoms with Crippen LogP contribution in [0.1, 0.15) is 36.0 Å². The van der Waals surface area contributed by atoms with Crippen molar-refractivity contribution >= 4 is 28.7 Å². The number of esters is 1. The molecular weight excluding hydrogens is 590 g/mol. The molecule has 1 aromatic heterocycles. The van der Waals surface area contributed by atoms with E-state index < -0.39 is 23.9 Å². The molecule has 0 fully saturated rings. The minimum absolute atomic E-state index is 0.0385. The smallest absolute Gasteiger partial charge is 0.309 e. The Balaban J connectivity index is 1.45. The van der Waals surface area contributed by atoms with Gasteiger partial charge in [-0.15, -0.1) is 13.2 Å². The van der Waals surface area contributed by atoms with Crippen LogP contribution in [0, 0.1) is 11.8 Å². The van der Waals surface area contributed by atoms with Gasteiger partial charge in [0, 0.05) is 23.5 Å². The van der Waals surface area contributed by atoms with Crippen molar-refractivity contribution in [3.8, 4) is 0 Å². The Morgan fingerprint density at radius 1 is 0.766 bits per heavy atom. The van der Waals surface area contributed by atoms with Crippen LogP contribution in [0.5, 0.6) is 0 Å². The molecule has 0 aliphatic rings. The first kappa shape index (κ1) is 34.9. The Kier molecular flexibility index (Phi) is 13.6. The fourth-order valence-corrected chi connectivity index (χ4v) is 5.75. The van der Waals surface area contributed by atoms with Gasteiger partial charge < -0.3 is 25.5 Å². The van der Waals surface area contributed by atoms with Gasteiger partial charge in [-0.3, -0.25) is 14.4 Å². The molecule has 0 bridgehead atoms. The number of fused-ring (bicyclic) bond motifs is 1. The van der Waals surface area contributed by atoms with Crippen molar-refractivity contribution in [2.24, 2.45) is 11.8 Å². The van der Waals surface area contributed by atoms with Crippen LogP contribution in [-0.4, -0.2) is 53.2 Å². The van der Waals surface area contributed by atoms with Gasteiger partial charge in [0.05, 0.1) is 30.5 Å². The fraction of sp³-hybridized carbons (Fsp3) is 0.308. The van der Waals surface area contributed by atoms with Crippen molar-refractivity contribution in [1.82, 2.24) is 15.6 Å². The molecule has 4 aromatic rings. The zero-order chi connectivity index (χ0) is 33.4. The minimum atomic E-state index is -0.698. The molecular formula is C39H45N3O5. The summed E-state index contributed by atoms with van der Waals surface area (Å²) in [6.07, 6.45) is 7.28. The van der Waals surface area contributed by atoms with Crippen LogP contribution in [0.4, 0.5) is 0 Å². The maximum atomic E-state index is 13.7. The molecule has 246 valence electrons. The number of benzene rings is 3. The largest absolute Gasteiger partial charge is 0.463 e. The van der Waals surface area contributed by atoms with Gasteiger partial charge in [0.2, 0.25) is 11.8 Å². The molecule has 0 radical (unpaired) electrons. The van der Waals surface area contributed by atoms with Crippen LogP contribution in [0.3, 0.4) is 0 Å². The molecule has 3 aromatic carbocycles. The Bertz CT molecular complexity index is 1600. The van der Waals surface area contributed by atoms with Crippen molar-refractivity contribution in [2.45, 2.75) is 50.6 Å². The number of amides is 2. The molecule has 1 heterocycles. The molecule has 47 heavy (non-hydrogen) atoms. The molecule has 0 aliphatic heterocycles. The van der Waals surface area contributed by atoms with Gasteiger partial charge in [-0.25, -0.2) is 0 Å². The number of aromatic amines is 1. The van der Waals surface area contributed by atoms with Crippen LogP contribution in [0.2, 0.25) is 0 Å². The summed E-state index contributed by atoms with van der Waals surface area (Å²) in [5.74, 6) is -2.14. The molecule has 0 spiro atoms. The number of para-hydroxylation sites is 1. The van der Waals surface area contributed by atoms with Crippen LogP contribution in [0.15, 0.2) is 116 Å². The van der Waals surface area contributed by atoms with Gasteiger partial charge in [0.1, 0.15) is 6.61 Å². The summed E-state index contributed by atoms with van der Waals surface area (Å²) < 4.78 is 5.86. The highest BCUT2D eigenvalue weighted by Gasteiger charge is 2.27. The zero-order valence-corrected chi connectivity index (χ0v) is 26.8. The predicted molar refractivity (Wildman–Crippen MR) is 185 cm³/mol. The third-order valence-corrected chi connectivity index (χ3v) is 8.19. The van der Waals surface area contributed by atoms with Crippen LogP contribution in [-0.2, 0) is 38.4 Å². The second-order valence-electron chi connectivity index (χ2n) is 11.9. The topological polar surface area (TPSA) is 121 Å². The number of H-pyrrole nitrogens is 1. The van der Waals surface area contributed by atoms with Gasteiger partial charge in [-0.2, -0.15) is 0 Å². The SMILES string of the molecule is C=CC[C@@H](CC(=O)N[C@@H](CO)Cc1ccccc1)C(=O)N[C@H](COC(=O)[C@@H](CC=C)Cc1ccccc1)Cc1c[nH]c2ccccc12. The summed E-state index contributed by atoms with van der Waals surface area (Å²) in [5.41, 5.74) is 3.95. The Hall–Kier alpha value is -4.95. The molecule has 2 amide bonds. The van der Waals surface area contributed by atoms with E-state index in [4.69, 9.17) is 4.74 Å². The van der Waals surface area contributed by atoms with E-state index in [0.29, 0.717) is 25.7 Å². The second kappa shape index (κ2) is 18.3. The fourth-order valence-electron chi connectivity index (χ4n) is 5.75. The second-order valence-corrected chi connectivity index (χ2v) is 11.9.